The molecule has 0 spiro atoms. The minimum absolute atomic E-state index is 0.565. The lowest BCUT2D eigenvalue weighted by atomic mass is 10.1. The third kappa shape index (κ3) is 2.31. The average molecular weight is 289 g/mol. The maximum atomic E-state index is 5.56. The minimum atomic E-state index is 0.565. The highest BCUT2D eigenvalue weighted by Crippen LogP contribution is 2.30. The third-order valence-corrected chi connectivity index (χ3v) is 3.78. The molecule has 1 fully saturated rings. The molecule has 1 saturated carbocycles. The largest absolute Gasteiger partial charge is 0.494 e. The summed E-state index contributed by atoms with van der Waals surface area (Å²) in [5.41, 5.74) is 3.89. The molecule has 3 aromatic heterocycles. The molecule has 0 aliphatic heterocycles. The average Bonchev–Trinajstić information content (AvgIpc) is 3.32. The predicted molar refractivity (Wildman–Crippen MR) is 84.6 cm³/mol. The molecule has 0 saturated heterocycles. The van der Waals surface area contributed by atoms with E-state index in [-0.39, 0.29) is 0 Å². The Bertz CT molecular complexity index is 883. The van der Waals surface area contributed by atoms with E-state index in [2.05, 4.69) is 21.9 Å². The van der Waals surface area contributed by atoms with E-state index in [1.165, 1.54) is 12.8 Å². The second-order valence-electron chi connectivity index (χ2n) is 5.43. The van der Waals surface area contributed by atoms with Crippen LogP contribution in [0.5, 0.6) is 5.75 Å². The number of methoxy groups -OCH3 is 1. The summed E-state index contributed by atoms with van der Waals surface area (Å²) < 4.78 is 7.39. The normalized spacial score (nSPS) is 13.7. The van der Waals surface area contributed by atoms with Crippen LogP contribution in [0.4, 0.5) is 0 Å². The Balaban J connectivity index is 1.86. The van der Waals surface area contributed by atoms with Gasteiger partial charge in [-0.1, -0.05) is 17.9 Å². The summed E-state index contributed by atoms with van der Waals surface area (Å²) in [5.74, 6) is 7.86. The molecule has 3 heterocycles. The number of aromatic nitrogens is 3. The second-order valence-corrected chi connectivity index (χ2v) is 5.43. The molecule has 0 atom stereocenters. The highest BCUT2D eigenvalue weighted by Gasteiger charge is 2.18. The van der Waals surface area contributed by atoms with E-state index in [4.69, 9.17) is 4.74 Å². The molecular formula is C18H15N3O. The number of fused-ring (bicyclic) bond motifs is 1. The number of hydrogen-bond acceptors (Lipinski definition) is 3. The minimum Gasteiger partial charge on any atom is -0.494 e. The van der Waals surface area contributed by atoms with Crippen molar-refractivity contribution in [3.63, 3.8) is 0 Å². The van der Waals surface area contributed by atoms with Crippen molar-refractivity contribution in [2.24, 2.45) is 5.92 Å². The van der Waals surface area contributed by atoms with Crippen LogP contribution in [-0.4, -0.2) is 21.7 Å². The van der Waals surface area contributed by atoms with Crippen LogP contribution in [0.2, 0.25) is 0 Å². The van der Waals surface area contributed by atoms with Crippen LogP contribution < -0.4 is 4.74 Å². The second kappa shape index (κ2) is 5.19. The molecule has 1 aliphatic rings. The van der Waals surface area contributed by atoms with Gasteiger partial charge < -0.3 is 4.74 Å². The van der Waals surface area contributed by atoms with E-state index in [0.29, 0.717) is 5.92 Å². The zero-order valence-corrected chi connectivity index (χ0v) is 12.3. The van der Waals surface area contributed by atoms with Gasteiger partial charge in [0, 0.05) is 35.6 Å². The standard InChI is InChI=1S/C18H15N3O/c1-22-17-9-16(14-3-2-8-19-10-14)12-21-18(17)15(11-20-21)7-6-13-4-5-13/h2-3,8-13H,4-5H2,1H3. The summed E-state index contributed by atoms with van der Waals surface area (Å²) in [5, 5.41) is 4.43. The van der Waals surface area contributed by atoms with E-state index in [1.54, 1.807) is 19.5 Å². The van der Waals surface area contributed by atoms with Crippen LogP contribution >= 0.6 is 0 Å². The van der Waals surface area contributed by atoms with Gasteiger partial charge in [-0.15, -0.1) is 0 Å². The lowest BCUT2D eigenvalue weighted by Gasteiger charge is -2.07. The van der Waals surface area contributed by atoms with E-state index in [9.17, 15) is 0 Å². The fourth-order valence-corrected chi connectivity index (χ4v) is 2.43. The molecular weight excluding hydrogens is 274 g/mol. The molecule has 0 bridgehead atoms. The van der Waals surface area contributed by atoms with Gasteiger partial charge in [-0.05, 0) is 25.0 Å². The molecule has 0 aromatic carbocycles. The maximum absolute atomic E-state index is 5.56. The van der Waals surface area contributed by atoms with Gasteiger partial charge in [-0.25, -0.2) is 4.52 Å². The number of pyridine rings is 2. The van der Waals surface area contributed by atoms with Gasteiger partial charge in [0.2, 0.25) is 0 Å². The van der Waals surface area contributed by atoms with Crippen molar-refractivity contribution in [1.82, 2.24) is 14.6 Å². The molecule has 0 radical (unpaired) electrons. The Morgan fingerprint density at radius 2 is 2.18 bits per heavy atom. The van der Waals surface area contributed by atoms with Gasteiger partial charge in [-0.3, -0.25) is 4.98 Å². The summed E-state index contributed by atoms with van der Waals surface area (Å²) >= 11 is 0. The van der Waals surface area contributed by atoms with Gasteiger partial charge in [0.15, 0.2) is 0 Å². The Labute approximate surface area is 128 Å². The van der Waals surface area contributed by atoms with Crippen LogP contribution in [0.3, 0.4) is 0 Å². The topological polar surface area (TPSA) is 39.4 Å². The first kappa shape index (κ1) is 12.9. The van der Waals surface area contributed by atoms with Gasteiger partial charge >= 0.3 is 0 Å². The zero-order valence-electron chi connectivity index (χ0n) is 12.3. The number of hydrogen-bond donors (Lipinski definition) is 0. The van der Waals surface area contributed by atoms with Crippen molar-refractivity contribution in [3.8, 4) is 28.7 Å². The molecule has 4 rings (SSSR count). The lowest BCUT2D eigenvalue weighted by Crippen LogP contribution is -1.94. The summed E-state index contributed by atoms with van der Waals surface area (Å²) in [7, 11) is 1.67. The van der Waals surface area contributed by atoms with Gasteiger partial charge in [0.05, 0.1) is 18.9 Å². The van der Waals surface area contributed by atoms with Gasteiger partial charge in [-0.2, -0.15) is 5.10 Å². The van der Waals surface area contributed by atoms with Crippen LogP contribution in [0.1, 0.15) is 18.4 Å². The van der Waals surface area contributed by atoms with Crippen molar-refractivity contribution in [2.75, 3.05) is 7.11 Å². The van der Waals surface area contributed by atoms with Crippen LogP contribution in [-0.2, 0) is 0 Å². The number of rotatable bonds is 2. The monoisotopic (exact) mass is 289 g/mol. The van der Waals surface area contributed by atoms with E-state index in [0.717, 1.165) is 28.0 Å². The lowest BCUT2D eigenvalue weighted by molar-refractivity contribution is 0.417. The van der Waals surface area contributed by atoms with Crippen molar-refractivity contribution < 1.29 is 4.74 Å². The fraction of sp³-hybridized carbons (Fsp3) is 0.222. The van der Waals surface area contributed by atoms with Gasteiger partial charge in [0.1, 0.15) is 11.3 Å². The first-order valence-corrected chi connectivity index (χ1v) is 7.32. The number of ether oxygens (including phenoxy) is 1. The van der Waals surface area contributed by atoms with Crippen molar-refractivity contribution >= 4 is 5.52 Å². The first-order chi connectivity index (χ1) is 10.8. The Hall–Kier alpha value is -2.80. The van der Waals surface area contributed by atoms with E-state index in [1.807, 2.05) is 35.1 Å². The molecule has 3 aromatic rings. The third-order valence-electron chi connectivity index (χ3n) is 3.78. The van der Waals surface area contributed by atoms with Crippen LogP contribution in [0, 0.1) is 17.8 Å². The summed E-state index contributed by atoms with van der Waals surface area (Å²) in [6.07, 6.45) is 9.82. The molecule has 0 N–H and O–H groups in total. The summed E-state index contributed by atoms with van der Waals surface area (Å²) in [4.78, 5) is 4.16. The molecule has 0 amide bonds. The molecule has 1 aliphatic carbocycles. The van der Waals surface area contributed by atoms with Crippen molar-refractivity contribution in [2.45, 2.75) is 12.8 Å². The van der Waals surface area contributed by atoms with Crippen molar-refractivity contribution in [1.29, 1.82) is 0 Å². The molecule has 108 valence electrons. The van der Waals surface area contributed by atoms with Crippen LogP contribution in [0.15, 0.2) is 43.0 Å². The Kier molecular flexibility index (Phi) is 3.05. The summed E-state index contributed by atoms with van der Waals surface area (Å²) in [6.45, 7) is 0. The highest BCUT2D eigenvalue weighted by atomic mass is 16.5. The van der Waals surface area contributed by atoms with E-state index < -0.39 is 0 Å². The maximum Gasteiger partial charge on any atom is 0.146 e. The molecule has 4 nitrogen and oxygen atoms in total. The zero-order chi connectivity index (χ0) is 14.9. The molecule has 22 heavy (non-hydrogen) atoms. The Morgan fingerprint density at radius 3 is 2.91 bits per heavy atom. The fourth-order valence-electron chi connectivity index (χ4n) is 2.43. The quantitative estimate of drug-likeness (QED) is 0.680. The van der Waals surface area contributed by atoms with Gasteiger partial charge in [0.25, 0.3) is 0 Å². The molecule has 0 unspecified atom stereocenters. The van der Waals surface area contributed by atoms with Crippen molar-refractivity contribution in [3.05, 3.63) is 48.5 Å². The van der Waals surface area contributed by atoms with Crippen LogP contribution in [0.25, 0.3) is 16.6 Å². The first-order valence-electron chi connectivity index (χ1n) is 7.32. The number of nitrogens with zero attached hydrogens (tertiary/aromatic N) is 3. The summed E-state index contributed by atoms with van der Waals surface area (Å²) in [6, 6.07) is 5.95. The predicted octanol–water partition coefficient (Wildman–Crippen LogP) is 3.17. The van der Waals surface area contributed by atoms with E-state index >= 15 is 0 Å². The Morgan fingerprint density at radius 1 is 1.27 bits per heavy atom. The smallest absolute Gasteiger partial charge is 0.146 e. The highest BCUT2D eigenvalue weighted by molar-refractivity contribution is 5.75. The molecule has 4 heteroatoms. The SMILES string of the molecule is COc1cc(-c2cccnc2)cn2ncc(C#CC3CC3)c12.